The Morgan fingerprint density at radius 1 is 1.09 bits per heavy atom. The molecule has 0 unspecified atom stereocenters. The van der Waals surface area contributed by atoms with Crippen LogP contribution < -0.4 is 10.5 Å². The van der Waals surface area contributed by atoms with Gasteiger partial charge in [0.25, 0.3) is 5.56 Å². The fourth-order valence-electron chi connectivity index (χ4n) is 5.81. The lowest BCUT2D eigenvalue weighted by Crippen LogP contribution is -2.49. The lowest BCUT2D eigenvalue weighted by molar-refractivity contribution is -0.182. The molecule has 3 heterocycles. The summed E-state index contributed by atoms with van der Waals surface area (Å²) in [6, 6.07) is 12.8. The van der Waals surface area contributed by atoms with E-state index in [-0.39, 0.29) is 11.7 Å². The van der Waals surface area contributed by atoms with Gasteiger partial charge in [-0.1, -0.05) is 18.9 Å². The minimum Gasteiger partial charge on any atom is -0.369 e. The quantitative estimate of drug-likeness (QED) is 0.347. The third kappa shape index (κ3) is 3.76. The van der Waals surface area contributed by atoms with Crippen LogP contribution in [0.5, 0.6) is 0 Å². The average Bonchev–Trinajstić information content (AvgIpc) is 3.50. The molecule has 1 saturated carbocycles. The van der Waals surface area contributed by atoms with Crippen LogP contribution in [-0.2, 0) is 14.2 Å². The molecule has 6 rings (SSSR count). The molecule has 9 heteroatoms. The number of rotatable bonds is 5. The highest BCUT2D eigenvalue weighted by atomic mass is 79.9. The van der Waals surface area contributed by atoms with Gasteiger partial charge in [-0.3, -0.25) is 9.20 Å². The van der Waals surface area contributed by atoms with Crippen LogP contribution in [0.15, 0.2) is 45.7 Å². The van der Waals surface area contributed by atoms with E-state index in [0.717, 1.165) is 51.9 Å². The van der Waals surface area contributed by atoms with Crippen LogP contribution >= 0.6 is 15.9 Å². The summed E-state index contributed by atoms with van der Waals surface area (Å²) in [7, 11) is 3.28. The first-order chi connectivity index (χ1) is 17.1. The number of morpholine rings is 1. The van der Waals surface area contributed by atoms with Crippen molar-refractivity contribution in [1.29, 1.82) is 0 Å². The zero-order valence-electron chi connectivity index (χ0n) is 19.9. The minimum absolute atomic E-state index is 0.171. The number of ether oxygens (including phenoxy) is 3. The zero-order valence-corrected chi connectivity index (χ0v) is 21.5. The molecule has 0 bridgehead atoms. The highest BCUT2D eigenvalue weighted by Crippen LogP contribution is 2.37. The Labute approximate surface area is 211 Å². The molecule has 8 nitrogen and oxygen atoms in total. The van der Waals surface area contributed by atoms with Gasteiger partial charge in [-0.15, -0.1) is 0 Å². The number of hydrogen-bond donors (Lipinski definition) is 0. The molecule has 2 fully saturated rings. The van der Waals surface area contributed by atoms with Crippen LogP contribution in [0.4, 0.5) is 5.69 Å². The van der Waals surface area contributed by atoms with E-state index in [1.54, 1.807) is 14.2 Å². The van der Waals surface area contributed by atoms with Gasteiger partial charge in [-0.2, -0.15) is 4.98 Å². The first-order valence-corrected chi connectivity index (χ1v) is 13.0. The number of nitrogens with zero attached hydrogens (tertiary/aromatic N) is 4. The van der Waals surface area contributed by atoms with E-state index in [1.165, 1.54) is 12.8 Å². The molecule has 0 amide bonds. The van der Waals surface area contributed by atoms with E-state index in [0.29, 0.717) is 24.6 Å². The van der Waals surface area contributed by atoms with Crippen LogP contribution in [0, 0.1) is 0 Å². The summed E-state index contributed by atoms with van der Waals surface area (Å²) in [5.41, 5.74) is 3.95. The maximum Gasteiger partial charge on any atom is 0.283 e. The van der Waals surface area contributed by atoms with Gasteiger partial charge in [0.05, 0.1) is 28.5 Å². The fourth-order valence-corrected chi connectivity index (χ4v) is 6.33. The Balaban J connectivity index is 1.55. The Morgan fingerprint density at radius 2 is 1.89 bits per heavy atom. The molecular weight excluding hydrogens is 512 g/mol. The predicted molar refractivity (Wildman–Crippen MR) is 139 cm³/mol. The smallest absolute Gasteiger partial charge is 0.283 e. The van der Waals surface area contributed by atoms with Crippen LogP contribution in [0.25, 0.3) is 27.7 Å². The molecule has 0 radical (unpaired) electrons. The predicted octanol–water partition coefficient (Wildman–Crippen LogP) is 4.50. The summed E-state index contributed by atoms with van der Waals surface area (Å²) < 4.78 is 22.1. The largest absolute Gasteiger partial charge is 0.369 e. The molecule has 1 aliphatic heterocycles. The number of imidazole rings is 1. The third-order valence-corrected chi connectivity index (χ3v) is 8.10. The summed E-state index contributed by atoms with van der Waals surface area (Å²) in [4.78, 5) is 20.1. The Bertz CT molecular complexity index is 1460. The fraction of sp³-hybridized carbons (Fsp3) is 0.462. The van der Waals surface area contributed by atoms with Crippen molar-refractivity contribution in [3.63, 3.8) is 0 Å². The second kappa shape index (κ2) is 9.20. The lowest BCUT2D eigenvalue weighted by atomic mass is 10.2. The maximum atomic E-state index is 13.1. The molecule has 0 N–H and O–H groups in total. The second-order valence-electron chi connectivity index (χ2n) is 9.36. The Hall–Kier alpha value is -2.46. The van der Waals surface area contributed by atoms with E-state index in [2.05, 4.69) is 53.0 Å². The molecule has 0 spiro atoms. The van der Waals surface area contributed by atoms with Crippen molar-refractivity contribution in [3.05, 3.63) is 51.2 Å². The van der Waals surface area contributed by atoms with E-state index in [9.17, 15) is 4.79 Å². The number of hydrogen-bond acceptors (Lipinski definition) is 6. The molecular formula is C26H29BrN4O4. The Morgan fingerprint density at radius 3 is 2.66 bits per heavy atom. The number of halogens is 1. The third-order valence-electron chi connectivity index (χ3n) is 7.44. The number of methoxy groups -OCH3 is 2. The molecule has 4 aromatic rings. The van der Waals surface area contributed by atoms with Crippen molar-refractivity contribution in [3.8, 4) is 0 Å². The van der Waals surface area contributed by atoms with Gasteiger partial charge in [0, 0.05) is 43.5 Å². The number of aromatic nitrogens is 3. The number of fused-ring (bicyclic) bond motifs is 5. The van der Waals surface area contributed by atoms with Crippen LogP contribution in [0.3, 0.4) is 0 Å². The van der Waals surface area contributed by atoms with Gasteiger partial charge in [0.2, 0.25) is 5.78 Å². The normalized spacial score (nSPS) is 19.7. The first-order valence-electron chi connectivity index (χ1n) is 12.2. The van der Waals surface area contributed by atoms with Gasteiger partial charge in [0.1, 0.15) is 6.10 Å². The zero-order chi connectivity index (χ0) is 24.1. The topological polar surface area (TPSA) is 70.2 Å². The number of benzene rings is 2. The van der Waals surface area contributed by atoms with Crippen molar-refractivity contribution >= 4 is 49.3 Å². The highest BCUT2D eigenvalue weighted by Gasteiger charge is 2.30. The molecule has 1 saturated heterocycles. The summed E-state index contributed by atoms with van der Waals surface area (Å²) in [6.45, 7) is 2.07. The van der Waals surface area contributed by atoms with Crippen molar-refractivity contribution in [2.24, 2.45) is 0 Å². The van der Waals surface area contributed by atoms with Gasteiger partial charge in [0.15, 0.2) is 6.29 Å². The maximum absolute atomic E-state index is 13.1. The first kappa shape index (κ1) is 23.0. The molecule has 184 valence electrons. The van der Waals surface area contributed by atoms with E-state index in [1.807, 2.05) is 18.2 Å². The second-order valence-corrected chi connectivity index (χ2v) is 10.2. The van der Waals surface area contributed by atoms with Gasteiger partial charge in [-0.05, 0) is 59.1 Å². The minimum atomic E-state index is -0.411. The standard InChI is InChI=1S/C26H29BrN4O4/c1-33-25(34-2)22-15-29(12-13-35-22)17-10-11-19-21(14-17)30(16-6-3-4-7-16)26-28-24(32)23-18(27)8-5-9-20(23)31(19)26/h5,8-11,14,16,22,25H,3-4,6-7,12-13,15H2,1-2H3/t22-/m1/s1. The summed E-state index contributed by atoms with van der Waals surface area (Å²) >= 11 is 3.56. The molecule has 2 aliphatic rings. The SMILES string of the molecule is COC(OC)[C@H]1CN(c2ccc3c(c2)n(C2CCCC2)c2nc(=O)c4c(Br)cccc4n32)CCO1. The molecule has 2 aromatic heterocycles. The molecule has 35 heavy (non-hydrogen) atoms. The summed E-state index contributed by atoms with van der Waals surface area (Å²) in [5, 5.41) is 0.612. The van der Waals surface area contributed by atoms with Crippen LogP contribution in [0.1, 0.15) is 31.7 Å². The van der Waals surface area contributed by atoms with E-state index < -0.39 is 6.29 Å². The van der Waals surface area contributed by atoms with Crippen molar-refractivity contribution in [1.82, 2.24) is 14.0 Å². The summed E-state index contributed by atoms with van der Waals surface area (Å²) in [5.74, 6) is 0.721. The summed E-state index contributed by atoms with van der Waals surface area (Å²) in [6.07, 6.45) is 4.00. The Kier molecular flexibility index (Phi) is 6.04. The van der Waals surface area contributed by atoms with Crippen LogP contribution in [-0.4, -0.2) is 60.3 Å². The highest BCUT2D eigenvalue weighted by molar-refractivity contribution is 9.10. The van der Waals surface area contributed by atoms with E-state index in [4.69, 9.17) is 14.2 Å². The van der Waals surface area contributed by atoms with E-state index >= 15 is 0 Å². The molecule has 1 aliphatic carbocycles. The van der Waals surface area contributed by atoms with Crippen LogP contribution in [0.2, 0.25) is 0 Å². The van der Waals surface area contributed by atoms with Gasteiger partial charge < -0.3 is 23.7 Å². The monoisotopic (exact) mass is 540 g/mol. The number of anilines is 1. The van der Waals surface area contributed by atoms with Crippen molar-refractivity contribution in [2.45, 2.75) is 44.1 Å². The molecule has 2 aromatic carbocycles. The molecule has 1 atom stereocenters. The van der Waals surface area contributed by atoms with Crippen molar-refractivity contribution < 1.29 is 14.2 Å². The average molecular weight is 541 g/mol. The van der Waals surface area contributed by atoms with Crippen molar-refractivity contribution in [2.75, 3.05) is 38.8 Å². The van der Waals surface area contributed by atoms with Gasteiger partial charge in [-0.25, -0.2) is 0 Å². The lowest BCUT2D eigenvalue weighted by Gasteiger charge is -2.37. The van der Waals surface area contributed by atoms with Gasteiger partial charge >= 0.3 is 0 Å².